The molecule has 2 unspecified atom stereocenters. The van der Waals surface area contributed by atoms with Gasteiger partial charge in [0.15, 0.2) is 0 Å². The topological polar surface area (TPSA) is 24.9 Å². The molecule has 0 aliphatic carbocycles. The second-order valence-corrected chi connectivity index (χ2v) is 9.75. The van der Waals surface area contributed by atoms with Crippen molar-refractivity contribution in [1.29, 1.82) is 0 Å². The van der Waals surface area contributed by atoms with Crippen LogP contribution in [0.25, 0.3) is 0 Å². The Hall–Kier alpha value is -2.98. The third kappa shape index (κ3) is 5.39. The monoisotopic (exact) mass is 456 g/mol. The standard InChI is InChI=1S/C30H36N2O2/c1-3-18-31(2)24-14-12-23(13-15-24)22-32-25-16-17-26(32)20-30(19-25)34-29-11-7-10-28(21-29)33-27-8-5-4-6-9-27/h4-15,21,25-26,30H,3,16-20,22H2,1-2H3. The first-order valence-electron chi connectivity index (χ1n) is 12.7. The molecule has 0 amide bonds. The molecule has 34 heavy (non-hydrogen) atoms. The van der Waals surface area contributed by atoms with Crippen molar-refractivity contribution in [3.8, 4) is 17.2 Å². The number of hydrogen-bond donors (Lipinski definition) is 0. The molecular formula is C30H36N2O2. The fraction of sp³-hybridized carbons (Fsp3) is 0.400. The number of ether oxygens (including phenoxy) is 2. The van der Waals surface area contributed by atoms with Crippen molar-refractivity contribution in [1.82, 2.24) is 4.90 Å². The normalized spacial score (nSPS) is 21.9. The van der Waals surface area contributed by atoms with Crippen LogP contribution in [0.15, 0.2) is 78.9 Å². The zero-order valence-corrected chi connectivity index (χ0v) is 20.4. The first kappa shape index (κ1) is 22.8. The quantitative estimate of drug-likeness (QED) is 0.350. The molecule has 4 nitrogen and oxygen atoms in total. The number of para-hydroxylation sites is 1. The summed E-state index contributed by atoms with van der Waals surface area (Å²) in [6, 6.07) is 28.3. The van der Waals surface area contributed by atoms with E-state index in [0.29, 0.717) is 12.1 Å². The van der Waals surface area contributed by atoms with E-state index < -0.39 is 0 Å². The van der Waals surface area contributed by atoms with E-state index in [9.17, 15) is 0 Å². The third-order valence-corrected chi connectivity index (χ3v) is 7.23. The van der Waals surface area contributed by atoms with Crippen LogP contribution in [-0.4, -0.2) is 36.7 Å². The molecule has 0 radical (unpaired) electrons. The third-order valence-electron chi connectivity index (χ3n) is 7.23. The zero-order valence-electron chi connectivity index (χ0n) is 20.4. The van der Waals surface area contributed by atoms with Gasteiger partial charge in [0.25, 0.3) is 0 Å². The van der Waals surface area contributed by atoms with Crippen molar-refractivity contribution < 1.29 is 9.47 Å². The van der Waals surface area contributed by atoms with Crippen LogP contribution in [0.1, 0.15) is 44.6 Å². The molecule has 0 N–H and O–H groups in total. The SMILES string of the molecule is CCCN(C)c1ccc(CN2C3CCC2CC(Oc2cccc(Oc4ccccc4)c2)C3)cc1. The molecule has 0 saturated carbocycles. The molecule has 2 aliphatic heterocycles. The highest BCUT2D eigenvalue weighted by Crippen LogP contribution is 2.39. The minimum Gasteiger partial charge on any atom is -0.490 e. The smallest absolute Gasteiger partial charge is 0.131 e. The lowest BCUT2D eigenvalue weighted by molar-refractivity contribution is 0.0445. The number of fused-ring (bicyclic) bond motifs is 2. The van der Waals surface area contributed by atoms with Gasteiger partial charge in [-0.3, -0.25) is 4.90 Å². The Morgan fingerprint density at radius 1 is 0.824 bits per heavy atom. The molecule has 5 rings (SSSR count). The van der Waals surface area contributed by atoms with Crippen LogP contribution in [0, 0.1) is 0 Å². The number of piperidine rings is 1. The summed E-state index contributed by atoms with van der Waals surface area (Å²) in [5.74, 6) is 2.56. The summed E-state index contributed by atoms with van der Waals surface area (Å²) < 4.78 is 12.5. The highest BCUT2D eigenvalue weighted by atomic mass is 16.5. The molecule has 2 bridgehead atoms. The number of benzene rings is 3. The van der Waals surface area contributed by atoms with Crippen molar-refractivity contribution in [2.24, 2.45) is 0 Å². The van der Waals surface area contributed by atoms with Crippen LogP contribution >= 0.6 is 0 Å². The molecule has 0 aromatic heterocycles. The van der Waals surface area contributed by atoms with E-state index in [2.05, 4.69) is 48.0 Å². The summed E-state index contributed by atoms with van der Waals surface area (Å²) in [7, 11) is 2.17. The molecule has 0 spiro atoms. The molecule has 3 aromatic rings. The minimum absolute atomic E-state index is 0.269. The maximum Gasteiger partial charge on any atom is 0.131 e. The molecule has 2 fully saturated rings. The maximum atomic E-state index is 6.47. The Labute approximate surface area is 204 Å². The van der Waals surface area contributed by atoms with E-state index >= 15 is 0 Å². The van der Waals surface area contributed by atoms with Gasteiger partial charge >= 0.3 is 0 Å². The summed E-state index contributed by atoms with van der Waals surface area (Å²) in [5.41, 5.74) is 2.72. The summed E-state index contributed by atoms with van der Waals surface area (Å²) in [6.45, 7) is 4.36. The number of hydrogen-bond acceptors (Lipinski definition) is 4. The van der Waals surface area contributed by atoms with Crippen LogP contribution < -0.4 is 14.4 Å². The summed E-state index contributed by atoms with van der Waals surface area (Å²) in [5, 5.41) is 0. The van der Waals surface area contributed by atoms with Gasteiger partial charge in [-0.2, -0.15) is 0 Å². The maximum absolute atomic E-state index is 6.47. The molecule has 3 aromatic carbocycles. The van der Waals surface area contributed by atoms with Gasteiger partial charge in [-0.1, -0.05) is 43.3 Å². The second-order valence-electron chi connectivity index (χ2n) is 9.75. The Kier molecular flexibility index (Phi) is 7.05. The van der Waals surface area contributed by atoms with Gasteiger partial charge in [-0.25, -0.2) is 0 Å². The first-order chi connectivity index (χ1) is 16.7. The molecule has 2 saturated heterocycles. The van der Waals surface area contributed by atoms with Gasteiger partial charge in [0.2, 0.25) is 0 Å². The highest BCUT2D eigenvalue weighted by Gasteiger charge is 2.41. The van der Waals surface area contributed by atoms with Gasteiger partial charge in [-0.05, 0) is 74.1 Å². The predicted octanol–water partition coefficient (Wildman–Crippen LogP) is 6.90. The van der Waals surface area contributed by atoms with Crippen molar-refractivity contribution in [2.45, 2.75) is 63.8 Å². The van der Waals surface area contributed by atoms with Crippen LogP contribution in [0.4, 0.5) is 5.69 Å². The number of rotatable bonds is 9. The summed E-state index contributed by atoms with van der Waals surface area (Å²) >= 11 is 0. The lowest BCUT2D eigenvalue weighted by Crippen LogP contribution is -2.45. The van der Waals surface area contributed by atoms with Crippen molar-refractivity contribution in [3.05, 3.63) is 84.4 Å². The fourth-order valence-electron chi connectivity index (χ4n) is 5.54. The van der Waals surface area contributed by atoms with E-state index in [1.54, 1.807) is 0 Å². The number of nitrogens with zero attached hydrogens (tertiary/aromatic N) is 2. The van der Waals surface area contributed by atoms with Crippen molar-refractivity contribution >= 4 is 5.69 Å². The molecule has 4 heteroatoms. The van der Waals surface area contributed by atoms with Gasteiger partial charge in [-0.15, -0.1) is 0 Å². The van der Waals surface area contributed by atoms with Crippen LogP contribution in [0.2, 0.25) is 0 Å². The van der Waals surface area contributed by atoms with Gasteiger partial charge in [0.1, 0.15) is 23.4 Å². The molecule has 2 aliphatic rings. The molecular weight excluding hydrogens is 420 g/mol. The van der Waals surface area contributed by atoms with Crippen LogP contribution in [-0.2, 0) is 6.54 Å². The minimum atomic E-state index is 0.269. The first-order valence-corrected chi connectivity index (χ1v) is 12.7. The highest BCUT2D eigenvalue weighted by molar-refractivity contribution is 5.46. The van der Waals surface area contributed by atoms with Crippen molar-refractivity contribution in [2.75, 3.05) is 18.5 Å². The Morgan fingerprint density at radius 3 is 2.21 bits per heavy atom. The average Bonchev–Trinajstić information content (AvgIpc) is 3.08. The van der Waals surface area contributed by atoms with Crippen LogP contribution in [0.5, 0.6) is 17.2 Å². The van der Waals surface area contributed by atoms with Gasteiger partial charge in [0.05, 0.1) is 0 Å². The number of anilines is 1. The largest absolute Gasteiger partial charge is 0.490 e. The van der Waals surface area contributed by atoms with E-state index in [1.165, 1.54) is 30.5 Å². The van der Waals surface area contributed by atoms with Gasteiger partial charge in [0, 0.05) is 44.0 Å². The van der Waals surface area contributed by atoms with E-state index in [0.717, 1.165) is 43.2 Å². The Bertz CT molecular complexity index is 1040. The van der Waals surface area contributed by atoms with Crippen LogP contribution in [0.3, 0.4) is 0 Å². The summed E-state index contributed by atoms with van der Waals surface area (Å²) in [6.07, 6.45) is 6.18. The van der Waals surface area contributed by atoms with E-state index in [-0.39, 0.29) is 6.10 Å². The Morgan fingerprint density at radius 2 is 1.50 bits per heavy atom. The lowest BCUT2D eigenvalue weighted by Gasteiger charge is -2.39. The average molecular weight is 457 g/mol. The predicted molar refractivity (Wildman–Crippen MR) is 139 cm³/mol. The lowest BCUT2D eigenvalue weighted by atomic mass is 9.98. The fourth-order valence-corrected chi connectivity index (χ4v) is 5.54. The summed E-state index contributed by atoms with van der Waals surface area (Å²) in [4.78, 5) is 5.05. The zero-order chi connectivity index (χ0) is 23.3. The molecule has 2 atom stereocenters. The second kappa shape index (κ2) is 10.5. The molecule has 2 heterocycles. The molecule has 178 valence electrons. The van der Waals surface area contributed by atoms with Crippen molar-refractivity contribution in [3.63, 3.8) is 0 Å². The van der Waals surface area contributed by atoms with Gasteiger partial charge < -0.3 is 14.4 Å². The Balaban J connectivity index is 1.18. The van der Waals surface area contributed by atoms with E-state index in [4.69, 9.17) is 9.47 Å². The van der Waals surface area contributed by atoms with E-state index in [1.807, 2.05) is 54.6 Å².